The molecule has 1 saturated heterocycles. The smallest absolute Gasteiger partial charge is 0.415 e. The van der Waals surface area contributed by atoms with Crippen molar-refractivity contribution in [3.05, 3.63) is 83.8 Å². The number of aliphatic imine (C=N–C) groups is 1. The molecule has 1 amide bonds. The van der Waals surface area contributed by atoms with Crippen molar-refractivity contribution in [1.82, 2.24) is 9.88 Å². The van der Waals surface area contributed by atoms with Crippen molar-refractivity contribution in [1.29, 1.82) is 0 Å². The number of hydrogen-bond donors (Lipinski definition) is 3. The van der Waals surface area contributed by atoms with Gasteiger partial charge in [-0.1, -0.05) is 48.1 Å². The topological polar surface area (TPSA) is 87.1 Å². The maximum absolute atomic E-state index is 13.8. The minimum atomic E-state index is -4.78. The molecule has 0 spiro atoms. The van der Waals surface area contributed by atoms with Gasteiger partial charge in [-0.3, -0.25) is 14.7 Å². The Morgan fingerprint density at radius 3 is 2.61 bits per heavy atom. The van der Waals surface area contributed by atoms with Crippen molar-refractivity contribution in [3.63, 3.8) is 0 Å². The van der Waals surface area contributed by atoms with Gasteiger partial charge in [-0.25, -0.2) is 4.99 Å². The molecule has 2 aliphatic heterocycles. The SMILES string of the molecule is C=C(C)C=CC(=CC)C1=NC(C(F)(F)F)C(C(=O)Nc2ccc(C3CCCN(C(O)CC(=CC)CC=CCS)CC3)nc2)O1. The van der Waals surface area contributed by atoms with E-state index in [4.69, 9.17) is 4.74 Å². The second-order valence-corrected chi connectivity index (χ2v) is 11.4. The molecule has 2 N–H and O–H groups in total. The highest BCUT2D eigenvalue weighted by molar-refractivity contribution is 7.80. The Hall–Kier alpha value is -3.15. The van der Waals surface area contributed by atoms with E-state index in [0.29, 0.717) is 29.9 Å². The number of thiol groups is 1. The van der Waals surface area contributed by atoms with Crippen molar-refractivity contribution in [2.45, 2.75) is 83.3 Å². The highest BCUT2D eigenvalue weighted by atomic mass is 32.1. The standard InChI is InChI=1S/C33H43F3N4O3S/c1-5-23(10-7-8-19-44)20-28(41)40-17-9-11-25(16-18-40)27-15-14-26(21-37-27)38-31(42)29-30(33(34,35)36)39-32(43-29)24(6-2)13-12-22(3)4/h5-8,12-15,21,25,28-30,41,44H,3,9-11,16-20H2,1-2,4H3,(H,38,42). The number of carbonyl (C=O) groups excluding carboxylic acids is 1. The van der Waals surface area contributed by atoms with Crippen molar-refractivity contribution >= 4 is 30.1 Å². The summed E-state index contributed by atoms with van der Waals surface area (Å²) in [5, 5.41) is 13.4. The predicted molar refractivity (Wildman–Crippen MR) is 173 cm³/mol. The summed E-state index contributed by atoms with van der Waals surface area (Å²) in [5.41, 5.74) is 3.29. The number of likely N-dealkylation sites (tertiary alicyclic amines) is 1. The molecule has 3 rings (SSSR count). The van der Waals surface area contributed by atoms with Crippen molar-refractivity contribution < 1.29 is 27.8 Å². The average molecular weight is 633 g/mol. The van der Waals surface area contributed by atoms with E-state index in [1.54, 1.807) is 44.2 Å². The molecule has 0 bridgehead atoms. The normalized spacial score (nSPS) is 23.0. The lowest BCUT2D eigenvalue weighted by Crippen LogP contribution is -2.44. The number of anilines is 1. The molecule has 240 valence electrons. The number of carbonyl (C=O) groups is 1. The number of alkyl halides is 3. The van der Waals surface area contributed by atoms with Crippen LogP contribution in [-0.2, 0) is 9.53 Å². The lowest BCUT2D eigenvalue weighted by atomic mass is 9.96. The van der Waals surface area contributed by atoms with Crippen LogP contribution in [0.2, 0.25) is 0 Å². The molecule has 2 aliphatic rings. The van der Waals surface area contributed by atoms with Gasteiger partial charge in [0.1, 0.15) is 6.23 Å². The van der Waals surface area contributed by atoms with E-state index in [1.165, 1.54) is 11.8 Å². The molecule has 1 aromatic rings. The Bertz CT molecular complexity index is 1290. The number of pyridine rings is 1. The number of ether oxygens (including phenoxy) is 1. The summed E-state index contributed by atoms with van der Waals surface area (Å²) in [6.07, 6.45) is 9.04. The van der Waals surface area contributed by atoms with Gasteiger partial charge in [-0.05, 0) is 64.7 Å². The molecule has 1 fully saturated rings. The first-order valence-electron chi connectivity index (χ1n) is 14.9. The number of amides is 1. The zero-order valence-corrected chi connectivity index (χ0v) is 26.5. The molecule has 0 saturated carbocycles. The van der Waals surface area contributed by atoms with Gasteiger partial charge in [0.05, 0.1) is 11.9 Å². The van der Waals surface area contributed by atoms with Crippen LogP contribution in [0.15, 0.2) is 83.1 Å². The number of aliphatic hydroxyl groups excluding tert-OH is 1. The molecule has 0 radical (unpaired) electrons. The Labute approximate surface area is 263 Å². The number of aliphatic hydroxyl groups is 1. The Kier molecular flexibility index (Phi) is 13.5. The molecule has 1 aromatic heterocycles. The molecule has 3 heterocycles. The molecule has 11 heteroatoms. The Balaban J connectivity index is 1.61. The fourth-order valence-electron chi connectivity index (χ4n) is 5.15. The number of aromatic nitrogens is 1. The zero-order valence-electron chi connectivity index (χ0n) is 25.6. The van der Waals surface area contributed by atoms with Crippen molar-refractivity contribution in [3.8, 4) is 0 Å². The zero-order chi connectivity index (χ0) is 32.3. The van der Waals surface area contributed by atoms with E-state index in [1.807, 2.05) is 19.1 Å². The van der Waals surface area contributed by atoms with Crippen LogP contribution in [-0.4, -0.2) is 70.2 Å². The molecule has 7 nitrogen and oxygen atoms in total. The third-order valence-corrected chi connectivity index (χ3v) is 7.85. The number of nitrogens with one attached hydrogen (secondary N) is 1. The molecule has 4 unspecified atom stereocenters. The average Bonchev–Trinajstić information content (AvgIpc) is 3.30. The van der Waals surface area contributed by atoms with E-state index >= 15 is 0 Å². The molecular weight excluding hydrogens is 589 g/mol. The molecule has 44 heavy (non-hydrogen) atoms. The fourth-order valence-corrected chi connectivity index (χ4v) is 5.30. The second-order valence-electron chi connectivity index (χ2n) is 11.0. The summed E-state index contributed by atoms with van der Waals surface area (Å²) in [6.45, 7) is 10.6. The molecule has 0 aromatic carbocycles. The van der Waals surface area contributed by atoms with E-state index in [2.05, 4.69) is 45.5 Å². The van der Waals surface area contributed by atoms with Gasteiger partial charge in [-0.2, -0.15) is 25.8 Å². The molecule has 4 atom stereocenters. The minimum absolute atomic E-state index is 0.159. The maximum atomic E-state index is 13.8. The van der Waals surface area contributed by atoms with Crippen LogP contribution < -0.4 is 5.32 Å². The first-order valence-corrected chi connectivity index (χ1v) is 15.5. The highest BCUT2D eigenvalue weighted by Crippen LogP contribution is 2.33. The summed E-state index contributed by atoms with van der Waals surface area (Å²) in [5.74, 6) is -0.364. The van der Waals surface area contributed by atoms with Crippen LogP contribution in [0.1, 0.15) is 64.5 Å². The maximum Gasteiger partial charge on any atom is 0.415 e. The summed E-state index contributed by atoms with van der Waals surface area (Å²) in [4.78, 5) is 23.3. The lowest BCUT2D eigenvalue weighted by Gasteiger charge is -2.27. The largest absolute Gasteiger partial charge is 0.461 e. The van der Waals surface area contributed by atoms with E-state index < -0.39 is 30.5 Å². The first-order chi connectivity index (χ1) is 21.0. The quantitative estimate of drug-likeness (QED) is 0.132. The highest BCUT2D eigenvalue weighted by Gasteiger charge is 2.53. The third-order valence-electron chi connectivity index (χ3n) is 7.64. The number of rotatable bonds is 12. The number of nitrogens with zero attached hydrogens (tertiary/aromatic N) is 3. The van der Waals surface area contributed by atoms with Crippen molar-refractivity contribution in [2.24, 2.45) is 4.99 Å². The lowest BCUT2D eigenvalue weighted by molar-refractivity contribution is -0.165. The van der Waals surface area contributed by atoms with E-state index in [-0.39, 0.29) is 17.5 Å². The first kappa shape index (κ1) is 35.3. The van der Waals surface area contributed by atoms with Crippen LogP contribution in [0.3, 0.4) is 0 Å². The van der Waals surface area contributed by atoms with Gasteiger partial charge in [0, 0.05) is 42.4 Å². The molecular formula is C33H43F3N4O3S. The summed E-state index contributed by atoms with van der Waals surface area (Å²) >= 11 is 4.19. The van der Waals surface area contributed by atoms with Crippen LogP contribution >= 0.6 is 12.6 Å². The van der Waals surface area contributed by atoms with Crippen LogP contribution in [0.4, 0.5) is 18.9 Å². The second kappa shape index (κ2) is 16.8. The minimum Gasteiger partial charge on any atom is -0.461 e. The summed E-state index contributed by atoms with van der Waals surface area (Å²) in [6, 6.07) is 1.09. The van der Waals surface area contributed by atoms with Gasteiger partial charge in [-0.15, -0.1) is 0 Å². The summed E-state index contributed by atoms with van der Waals surface area (Å²) < 4.78 is 46.9. The summed E-state index contributed by atoms with van der Waals surface area (Å²) in [7, 11) is 0. The monoisotopic (exact) mass is 632 g/mol. The van der Waals surface area contributed by atoms with Gasteiger partial charge >= 0.3 is 6.18 Å². The predicted octanol–water partition coefficient (Wildman–Crippen LogP) is 6.93. The van der Waals surface area contributed by atoms with Crippen LogP contribution in [0, 0.1) is 0 Å². The van der Waals surface area contributed by atoms with Crippen LogP contribution in [0.5, 0.6) is 0 Å². The number of hydrogen-bond acceptors (Lipinski definition) is 7. The van der Waals surface area contributed by atoms with Gasteiger partial charge in [0.25, 0.3) is 5.91 Å². The van der Waals surface area contributed by atoms with Gasteiger partial charge < -0.3 is 15.2 Å². The Morgan fingerprint density at radius 2 is 2.00 bits per heavy atom. The van der Waals surface area contributed by atoms with E-state index in [0.717, 1.165) is 37.9 Å². The number of halogens is 3. The van der Waals surface area contributed by atoms with Crippen LogP contribution in [0.25, 0.3) is 0 Å². The number of allylic oxidation sites excluding steroid dienone is 5. The third kappa shape index (κ3) is 10.2. The Morgan fingerprint density at radius 1 is 1.23 bits per heavy atom. The van der Waals surface area contributed by atoms with Crippen molar-refractivity contribution in [2.75, 3.05) is 24.2 Å². The fraction of sp³-hybridized carbons (Fsp3) is 0.485. The van der Waals surface area contributed by atoms with E-state index in [9.17, 15) is 23.1 Å². The van der Waals surface area contributed by atoms with Gasteiger partial charge in [0.15, 0.2) is 6.04 Å². The molecule has 0 aliphatic carbocycles. The van der Waals surface area contributed by atoms with Gasteiger partial charge in [0.2, 0.25) is 12.0 Å².